The summed E-state index contributed by atoms with van der Waals surface area (Å²) in [6.45, 7) is 5.64. The van der Waals surface area contributed by atoms with E-state index < -0.39 is 11.9 Å². The van der Waals surface area contributed by atoms with Crippen LogP contribution in [0.3, 0.4) is 0 Å². The summed E-state index contributed by atoms with van der Waals surface area (Å²) in [7, 11) is 0. The summed E-state index contributed by atoms with van der Waals surface area (Å²) in [5.74, 6) is 0.335. The number of halogens is 1. The van der Waals surface area contributed by atoms with Crippen LogP contribution in [0.2, 0.25) is 5.02 Å². The fraction of sp³-hybridized carbons (Fsp3) is 0.217. The number of primary amides is 1. The van der Waals surface area contributed by atoms with Gasteiger partial charge in [-0.25, -0.2) is 4.98 Å². The Labute approximate surface area is 206 Å². The highest BCUT2D eigenvalue weighted by Gasteiger charge is 2.34. The molecule has 34 heavy (non-hydrogen) atoms. The van der Waals surface area contributed by atoms with Crippen LogP contribution >= 0.6 is 22.9 Å². The largest absolute Gasteiger partial charge is 0.370 e. The van der Waals surface area contributed by atoms with Gasteiger partial charge in [-0.2, -0.15) is 0 Å². The van der Waals surface area contributed by atoms with E-state index in [1.54, 1.807) is 36.4 Å². The van der Waals surface area contributed by atoms with Gasteiger partial charge in [0.1, 0.15) is 28.5 Å². The molecule has 0 aliphatic carbocycles. The normalized spacial score (nSPS) is 14.9. The van der Waals surface area contributed by atoms with Crippen molar-refractivity contribution in [3.8, 4) is 0 Å². The lowest BCUT2D eigenvalue weighted by Gasteiger charge is -2.24. The molecule has 2 aromatic heterocycles. The number of thiophene rings is 1. The molecule has 0 unspecified atom stereocenters. The Kier molecular flexibility index (Phi) is 7.75. The molecule has 0 fully saturated rings. The number of aromatic nitrogens is 2. The van der Waals surface area contributed by atoms with E-state index in [0.29, 0.717) is 16.6 Å². The zero-order valence-corrected chi connectivity index (χ0v) is 20.5. The maximum Gasteiger partial charge on any atom is 0.220 e. The minimum absolute atomic E-state index is 0.0766. The number of carbonyl (C=O) groups is 1. The Bertz CT molecular complexity index is 1260. The molecule has 3 aromatic rings. The highest BCUT2D eigenvalue weighted by molar-refractivity contribution is 7.17. The van der Waals surface area contributed by atoms with Crippen molar-refractivity contribution in [2.45, 2.75) is 33.2 Å². The van der Waals surface area contributed by atoms with Crippen LogP contribution in [0.4, 0.5) is 5.00 Å². The molecule has 11 heteroatoms. The summed E-state index contributed by atoms with van der Waals surface area (Å²) in [6, 6.07) is 6.55. The molecule has 1 aromatic carbocycles. The number of hydrogen-bond donors (Lipinski definition) is 5. The second-order valence-corrected chi connectivity index (χ2v) is 9.20. The highest BCUT2D eigenvalue weighted by Crippen LogP contribution is 2.40. The highest BCUT2D eigenvalue weighted by atomic mass is 35.5. The minimum Gasteiger partial charge on any atom is -0.370 e. The SMILES string of the molecule is CC(=N)N1C(=N)[C@H](CC(N)=O)N=C(c2ccc(Cl)cc2)c2c1sc(C)c2C.N=Cc1ncc[nH]1. The lowest BCUT2D eigenvalue weighted by Crippen LogP contribution is -2.41. The van der Waals surface area contributed by atoms with Gasteiger partial charge in [-0.1, -0.05) is 23.7 Å². The Morgan fingerprint density at radius 1 is 1.32 bits per heavy atom. The fourth-order valence-electron chi connectivity index (χ4n) is 3.43. The molecule has 0 bridgehead atoms. The smallest absolute Gasteiger partial charge is 0.220 e. The molecule has 4 rings (SSSR count). The Morgan fingerprint density at radius 3 is 2.50 bits per heavy atom. The molecule has 176 valence electrons. The lowest BCUT2D eigenvalue weighted by molar-refractivity contribution is -0.118. The number of imidazole rings is 1. The molecule has 0 radical (unpaired) electrons. The van der Waals surface area contributed by atoms with Gasteiger partial charge in [-0.15, -0.1) is 11.3 Å². The predicted molar refractivity (Wildman–Crippen MR) is 139 cm³/mol. The van der Waals surface area contributed by atoms with E-state index in [-0.39, 0.29) is 18.1 Å². The van der Waals surface area contributed by atoms with Crippen LogP contribution in [0.1, 0.15) is 40.7 Å². The van der Waals surface area contributed by atoms with Gasteiger partial charge in [0.15, 0.2) is 0 Å². The first kappa shape index (κ1) is 25.0. The monoisotopic (exact) mass is 496 g/mol. The van der Waals surface area contributed by atoms with Crippen LogP contribution in [0.15, 0.2) is 41.7 Å². The number of rotatable bonds is 4. The number of hydrogen-bond acceptors (Lipinski definition) is 7. The minimum atomic E-state index is -0.757. The molecule has 0 spiro atoms. The average Bonchev–Trinajstić information content (AvgIpc) is 3.38. The van der Waals surface area contributed by atoms with Crippen molar-refractivity contribution in [2.75, 3.05) is 4.90 Å². The molecule has 1 aliphatic heterocycles. The Morgan fingerprint density at radius 2 is 2.00 bits per heavy atom. The average molecular weight is 497 g/mol. The number of anilines is 1. The second kappa shape index (κ2) is 10.5. The van der Waals surface area contributed by atoms with Gasteiger partial charge >= 0.3 is 0 Å². The summed E-state index contributed by atoms with van der Waals surface area (Å²) in [5.41, 5.74) is 8.85. The second-order valence-electron chi connectivity index (χ2n) is 7.56. The Balaban J connectivity index is 0.000000396. The van der Waals surface area contributed by atoms with Crippen LogP contribution < -0.4 is 10.6 Å². The first-order valence-corrected chi connectivity index (χ1v) is 11.5. The molecule has 1 aliphatic rings. The predicted octanol–water partition coefficient (Wildman–Crippen LogP) is 4.30. The molecular formula is C23H25ClN8OS. The van der Waals surface area contributed by atoms with Crippen LogP contribution in [0, 0.1) is 30.1 Å². The number of H-pyrrole nitrogens is 1. The molecule has 9 nitrogen and oxygen atoms in total. The van der Waals surface area contributed by atoms with E-state index in [0.717, 1.165) is 26.6 Å². The fourth-order valence-corrected chi connectivity index (χ4v) is 4.78. The number of amidine groups is 2. The van der Waals surface area contributed by atoms with Gasteiger partial charge in [-0.3, -0.25) is 25.5 Å². The van der Waals surface area contributed by atoms with Crippen molar-refractivity contribution in [3.05, 3.63) is 69.1 Å². The third kappa shape index (κ3) is 5.29. The zero-order valence-electron chi connectivity index (χ0n) is 18.9. The molecule has 0 saturated carbocycles. The van der Waals surface area contributed by atoms with E-state index >= 15 is 0 Å². The molecule has 0 saturated heterocycles. The standard InChI is InChI=1S/C19H20ClN5OS.C4H5N3/c1-9-10(2)27-19-16(9)17(12-4-6-13(20)7-5-12)24-14(8-15(22)26)18(23)25(19)11(3)21;5-3-4-6-1-2-7-4/h4-7,14,21,23H,8H2,1-3H3,(H2,22,26);1-3,5H,(H,6,7)/t14-;/m0./s1. The first-order chi connectivity index (χ1) is 16.1. The summed E-state index contributed by atoms with van der Waals surface area (Å²) in [5, 5.41) is 24.8. The van der Waals surface area contributed by atoms with Gasteiger partial charge in [0.2, 0.25) is 5.91 Å². The zero-order chi connectivity index (χ0) is 25.0. The van der Waals surface area contributed by atoms with Crippen LogP contribution in [-0.4, -0.2) is 45.5 Å². The summed E-state index contributed by atoms with van der Waals surface area (Å²) < 4.78 is 0. The third-order valence-electron chi connectivity index (χ3n) is 5.15. The van der Waals surface area contributed by atoms with Crippen molar-refractivity contribution in [1.82, 2.24) is 9.97 Å². The van der Waals surface area contributed by atoms with Crippen molar-refractivity contribution in [1.29, 1.82) is 16.2 Å². The topological polar surface area (TPSA) is 159 Å². The van der Waals surface area contributed by atoms with E-state index in [9.17, 15) is 4.79 Å². The van der Waals surface area contributed by atoms with E-state index in [4.69, 9.17) is 38.6 Å². The number of nitrogens with one attached hydrogen (secondary N) is 4. The maximum atomic E-state index is 11.6. The number of fused-ring (bicyclic) bond motifs is 1. The van der Waals surface area contributed by atoms with Crippen molar-refractivity contribution < 1.29 is 4.79 Å². The summed E-state index contributed by atoms with van der Waals surface area (Å²) in [4.78, 5) is 25.5. The first-order valence-electron chi connectivity index (χ1n) is 10.3. The van der Waals surface area contributed by atoms with Crippen molar-refractivity contribution in [2.24, 2.45) is 10.7 Å². The summed E-state index contributed by atoms with van der Waals surface area (Å²) in [6.07, 6.45) is 4.37. The van der Waals surface area contributed by atoms with Crippen LogP contribution in [0.25, 0.3) is 0 Å². The van der Waals surface area contributed by atoms with Crippen molar-refractivity contribution in [3.63, 3.8) is 0 Å². The van der Waals surface area contributed by atoms with Gasteiger partial charge in [0, 0.05) is 33.4 Å². The molecule has 3 heterocycles. The number of nitrogens with two attached hydrogens (primary N) is 1. The van der Waals surface area contributed by atoms with Gasteiger partial charge in [-0.05, 0) is 38.5 Å². The maximum absolute atomic E-state index is 11.6. The molecule has 1 amide bonds. The van der Waals surface area contributed by atoms with Crippen LogP contribution in [0.5, 0.6) is 0 Å². The number of carbonyl (C=O) groups excluding carboxylic acids is 1. The number of amides is 1. The lowest BCUT2D eigenvalue weighted by atomic mass is 9.99. The molecular weight excluding hydrogens is 472 g/mol. The quantitative estimate of drug-likeness (QED) is 0.269. The molecule has 6 N–H and O–H groups in total. The molecule has 1 atom stereocenters. The third-order valence-corrected chi connectivity index (χ3v) is 6.60. The number of aryl methyl sites for hydroxylation is 1. The van der Waals surface area contributed by atoms with Gasteiger partial charge < -0.3 is 16.1 Å². The van der Waals surface area contributed by atoms with Crippen molar-refractivity contribution >= 4 is 57.4 Å². The number of aromatic amines is 1. The van der Waals surface area contributed by atoms with Gasteiger partial charge in [0.05, 0.1) is 18.3 Å². The number of aliphatic imine (C=N–C) groups is 1. The number of benzene rings is 1. The Hall–Kier alpha value is -3.63. The number of nitrogens with zero attached hydrogens (tertiary/aromatic N) is 3. The van der Waals surface area contributed by atoms with Gasteiger partial charge in [0.25, 0.3) is 0 Å². The summed E-state index contributed by atoms with van der Waals surface area (Å²) >= 11 is 7.55. The van der Waals surface area contributed by atoms with E-state index in [2.05, 4.69) is 9.97 Å². The van der Waals surface area contributed by atoms with E-state index in [1.807, 2.05) is 26.0 Å². The van der Waals surface area contributed by atoms with Crippen LogP contribution in [-0.2, 0) is 4.79 Å². The van der Waals surface area contributed by atoms with E-state index in [1.165, 1.54) is 17.6 Å².